The lowest BCUT2D eigenvalue weighted by molar-refractivity contribution is 0.580. The minimum absolute atomic E-state index is 0.335. The molecule has 1 aromatic heterocycles. The third-order valence-corrected chi connectivity index (χ3v) is 6.62. The summed E-state index contributed by atoms with van der Waals surface area (Å²) >= 11 is 0. The van der Waals surface area contributed by atoms with E-state index in [1.54, 1.807) is 30.6 Å². The standard InChI is InChI=1S/C22H32N2O2S/c1-4-5-6-7-8-9-17-24(21-11-10-16-23-18-21)27(25,26)22-14-12-20(13-15-22)19(2)3/h10-16,18-19H,4-9,17H2,1-3H3. The fourth-order valence-corrected chi connectivity index (χ4v) is 4.57. The number of sulfonamides is 1. The summed E-state index contributed by atoms with van der Waals surface area (Å²) in [5, 5.41) is 0. The number of unbranched alkanes of at least 4 members (excludes halogenated alkanes) is 5. The van der Waals surface area contributed by atoms with E-state index in [1.165, 1.54) is 23.6 Å². The molecule has 2 aromatic rings. The topological polar surface area (TPSA) is 50.3 Å². The normalized spacial score (nSPS) is 11.7. The molecule has 0 aliphatic carbocycles. The van der Waals surface area contributed by atoms with Gasteiger partial charge in [-0.2, -0.15) is 0 Å². The Balaban J connectivity index is 2.18. The Hall–Kier alpha value is -1.88. The number of nitrogens with zero attached hydrogens (tertiary/aromatic N) is 2. The molecule has 2 rings (SSSR count). The Bertz CT molecular complexity index is 772. The maximum Gasteiger partial charge on any atom is 0.264 e. The van der Waals surface area contributed by atoms with Crippen molar-refractivity contribution in [2.75, 3.05) is 10.8 Å². The van der Waals surface area contributed by atoms with Crippen molar-refractivity contribution < 1.29 is 8.42 Å². The maximum absolute atomic E-state index is 13.3. The highest BCUT2D eigenvalue weighted by molar-refractivity contribution is 7.92. The van der Waals surface area contributed by atoms with Gasteiger partial charge >= 0.3 is 0 Å². The third-order valence-electron chi connectivity index (χ3n) is 4.78. The zero-order chi connectivity index (χ0) is 19.7. The largest absolute Gasteiger partial charge is 0.265 e. The molecule has 0 saturated carbocycles. The summed E-state index contributed by atoms with van der Waals surface area (Å²) in [5.41, 5.74) is 1.76. The zero-order valence-corrected chi connectivity index (χ0v) is 17.6. The highest BCUT2D eigenvalue weighted by Crippen LogP contribution is 2.25. The molecule has 1 heterocycles. The Kier molecular flexibility index (Phi) is 8.29. The van der Waals surface area contributed by atoms with Crippen LogP contribution in [0.25, 0.3) is 0 Å². The smallest absolute Gasteiger partial charge is 0.264 e. The van der Waals surface area contributed by atoms with Crippen molar-refractivity contribution in [1.82, 2.24) is 4.98 Å². The minimum atomic E-state index is -3.60. The van der Waals surface area contributed by atoms with Gasteiger partial charge in [0.05, 0.1) is 16.8 Å². The maximum atomic E-state index is 13.3. The molecule has 0 aliphatic heterocycles. The van der Waals surface area contributed by atoms with E-state index in [9.17, 15) is 8.42 Å². The molecule has 148 valence electrons. The average molecular weight is 389 g/mol. The quantitative estimate of drug-likeness (QED) is 0.460. The van der Waals surface area contributed by atoms with E-state index in [2.05, 4.69) is 25.8 Å². The van der Waals surface area contributed by atoms with E-state index in [0.717, 1.165) is 24.8 Å². The lowest BCUT2D eigenvalue weighted by Gasteiger charge is -2.24. The van der Waals surface area contributed by atoms with Gasteiger partial charge < -0.3 is 0 Å². The van der Waals surface area contributed by atoms with E-state index in [4.69, 9.17) is 0 Å². The molecule has 0 N–H and O–H groups in total. The van der Waals surface area contributed by atoms with Gasteiger partial charge in [-0.3, -0.25) is 9.29 Å². The van der Waals surface area contributed by atoms with Crippen LogP contribution in [0.2, 0.25) is 0 Å². The van der Waals surface area contributed by atoms with Crippen LogP contribution >= 0.6 is 0 Å². The van der Waals surface area contributed by atoms with Gasteiger partial charge in [0.15, 0.2) is 0 Å². The Morgan fingerprint density at radius 3 is 2.22 bits per heavy atom. The molecule has 0 amide bonds. The first kappa shape index (κ1) is 21.4. The fraction of sp³-hybridized carbons (Fsp3) is 0.500. The summed E-state index contributed by atoms with van der Waals surface area (Å²) in [7, 11) is -3.60. The molecule has 0 aliphatic rings. The van der Waals surface area contributed by atoms with Crippen molar-refractivity contribution in [2.24, 2.45) is 0 Å². The predicted octanol–water partition coefficient (Wildman–Crippen LogP) is 5.76. The van der Waals surface area contributed by atoms with Gasteiger partial charge in [0.25, 0.3) is 10.0 Å². The Morgan fingerprint density at radius 1 is 0.963 bits per heavy atom. The van der Waals surface area contributed by atoms with Crippen LogP contribution in [-0.4, -0.2) is 19.9 Å². The summed E-state index contributed by atoms with van der Waals surface area (Å²) in [6.07, 6.45) is 9.99. The predicted molar refractivity (Wildman–Crippen MR) is 113 cm³/mol. The third kappa shape index (κ3) is 6.06. The minimum Gasteiger partial charge on any atom is -0.265 e. The fourth-order valence-electron chi connectivity index (χ4n) is 3.08. The molecule has 5 heteroatoms. The highest BCUT2D eigenvalue weighted by atomic mass is 32.2. The number of benzene rings is 1. The molecule has 0 radical (unpaired) electrons. The van der Waals surface area contributed by atoms with Gasteiger partial charge in [-0.05, 0) is 42.2 Å². The van der Waals surface area contributed by atoms with Crippen LogP contribution in [0.15, 0.2) is 53.7 Å². The van der Waals surface area contributed by atoms with Crippen molar-refractivity contribution in [3.63, 3.8) is 0 Å². The molecule has 4 nitrogen and oxygen atoms in total. The molecule has 0 bridgehead atoms. The van der Waals surface area contributed by atoms with Crippen LogP contribution in [-0.2, 0) is 10.0 Å². The molecule has 0 atom stereocenters. The molecule has 0 saturated heterocycles. The Labute approximate surface area is 164 Å². The molecule has 27 heavy (non-hydrogen) atoms. The number of hydrogen-bond donors (Lipinski definition) is 0. The number of pyridine rings is 1. The molecular formula is C22H32N2O2S. The number of anilines is 1. The SMILES string of the molecule is CCCCCCCCN(c1cccnc1)S(=O)(=O)c1ccc(C(C)C)cc1. The van der Waals surface area contributed by atoms with E-state index >= 15 is 0 Å². The van der Waals surface area contributed by atoms with Crippen LogP contribution in [0.4, 0.5) is 5.69 Å². The van der Waals surface area contributed by atoms with Gasteiger partial charge in [-0.25, -0.2) is 8.42 Å². The first-order chi connectivity index (χ1) is 13.0. The van der Waals surface area contributed by atoms with Crippen LogP contribution < -0.4 is 4.31 Å². The zero-order valence-electron chi connectivity index (χ0n) is 16.8. The summed E-state index contributed by atoms with van der Waals surface area (Å²) in [5.74, 6) is 0.374. The van der Waals surface area contributed by atoms with Crippen molar-refractivity contribution in [1.29, 1.82) is 0 Å². The van der Waals surface area contributed by atoms with E-state index in [0.29, 0.717) is 23.0 Å². The number of aromatic nitrogens is 1. The average Bonchev–Trinajstić information content (AvgIpc) is 2.68. The Morgan fingerprint density at radius 2 is 1.63 bits per heavy atom. The monoisotopic (exact) mass is 388 g/mol. The second-order valence-corrected chi connectivity index (χ2v) is 9.14. The lowest BCUT2D eigenvalue weighted by Crippen LogP contribution is -2.32. The lowest BCUT2D eigenvalue weighted by atomic mass is 10.0. The summed E-state index contributed by atoms with van der Waals surface area (Å²) in [4.78, 5) is 4.45. The van der Waals surface area contributed by atoms with Crippen molar-refractivity contribution in [3.05, 3.63) is 54.4 Å². The van der Waals surface area contributed by atoms with Gasteiger partial charge in [0.1, 0.15) is 0 Å². The van der Waals surface area contributed by atoms with Crippen molar-refractivity contribution in [2.45, 2.75) is 70.1 Å². The van der Waals surface area contributed by atoms with Crippen LogP contribution in [0.3, 0.4) is 0 Å². The molecule has 1 aromatic carbocycles. The molecular weight excluding hydrogens is 356 g/mol. The van der Waals surface area contributed by atoms with Crippen LogP contribution in [0, 0.1) is 0 Å². The second kappa shape index (κ2) is 10.5. The van der Waals surface area contributed by atoms with Crippen molar-refractivity contribution in [3.8, 4) is 0 Å². The van der Waals surface area contributed by atoms with Gasteiger partial charge in [-0.15, -0.1) is 0 Å². The number of hydrogen-bond acceptors (Lipinski definition) is 3. The number of rotatable bonds is 11. The summed E-state index contributed by atoms with van der Waals surface area (Å²) in [6.45, 7) is 6.88. The highest BCUT2D eigenvalue weighted by Gasteiger charge is 2.24. The molecule has 0 unspecified atom stereocenters. The molecule has 0 fully saturated rings. The van der Waals surface area contributed by atoms with Gasteiger partial charge in [0, 0.05) is 12.7 Å². The van der Waals surface area contributed by atoms with Gasteiger partial charge in [0.2, 0.25) is 0 Å². The summed E-state index contributed by atoms with van der Waals surface area (Å²) < 4.78 is 28.1. The van der Waals surface area contributed by atoms with Crippen molar-refractivity contribution >= 4 is 15.7 Å². The van der Waals surface area contributed by atoms with E-state index in [-0.39, 0.29) is 0 Å². The van der Waals surface area contributed by atoms with Crippen LogP contribution in [0.1, 0.15) is 70.8 Å². The van der Waals surface area contributed by atoms with E-state index < -0.39 is 10.0 Å². The molecule has 0 spiro atoms. The first-order valence-corrected chi connectivity index (χ1v) is 11.4. The van der Waals surface area contributed by atoms with Gasteiger partial charge in [-0.1, -0.05) is 65.0 Å². The summed E-state index contributed by atoms with van der Waals surface area (Å²) in [6, 6.07) is 10.8. The van der Waals surface area contributed by atoms with E-state index in [1.807, 2.05) is 18.2 Å². The van der Waals surface area contributed by atoms with Crippen LogP contribution in [0.5, 0.6) is 0 Å². The first-order valence-electron chi connectivity index (χ1n) is 9.99. The second-order valence-electron chi connectivity index (χ2n) is 7.28.